The van der Waals surface area contributed by atoms with Crippen LogP contribution in [-0.4, -0.2) is 58.1 Å². The monoisotopic (exact) mass is 509 g/mol. The predicted octanol–water partition coefficient (Wildman–Crippen LogP) is 2.88. The minimum Gasteiger partial charge on any atom is -0.464 e. The van der Waals surface area contributed by atoms with Crippen LogP contribution in [0.15, 0.2) is 33.9 Å². The fourth-order valence-corrected chi connectivity index (χ4v) is 5.13. The first kappa shape index (κ1) is 24.3. The van der Waals surface area contributed by atoms with Crippen molar-refractivity contribution in [1.82, 2.24) is 29.1 Å². The molecule has 0 spiro atoms. The summed E-state index contributed by atoms with van der Waals surface area (Å²) in [6, 6.07) is 2.16. The standard InChI is InChI=1S/C20H18F3N7O4S/c1-5-35(33,28-10(2)31)18-14(16-24-7-6-13(19(32)34-4)30(16)27-18)17-26-12-8-11(20(21,22)23)9-25-15(12)29(17)3/h6-9H,5H2,1-4H3. The number of fused-ring (bicyclic) bond motifs is 2. The molecule has 184 valence electrons. The lowest BCUT2D eigenvalue weighted by atomic mass is 10.2. The predicted molar refractivity (Wildman–Crippen MR) is 117 cm³/mol. The molecule has 0 aromatic carbocycles. The second-order valence-corrected chi connectivity index (χ2v) is 9.76. The van der Waals surface area contributed by atoms with E-state index >= 15 is 0 Å². The van der Waals surface area contributed by atoms with Crippen molar-refractivity contribution in [1.29, 1.82) is 0 Å². The third-order valence-electron chi connectivity index (χ3n) is 5.11. The van der Waals surface area contributed by atoms with E-state index < -0.39 is 33.3 Å². The van der Waals surface area contributed by atoms with Crippen LogP contribution in [0.1, 0.15) is 29.9 Å². The van der Waals surface area contributed by atoms with Gasteiger partial charge in [0.05, 0.1) is 18.2 Å². The minimum absolute atomic E-state index is 0.0114. The lowest BCUT2D eigenvalue weighted by molar-refractivity contribution is -0.137. The maximum atomic E-state index is 13.8. The van der Waals surface area contributed by atoms with Crippen LogP contribution in [0.4, 0.5) is 13.2 Å². The number of alkyl halides is 3. The first-order chi connectivity index (χ1) is 16.4. The number of imidazole rings is 1. The number of rotatable bonds is 4. The van der Waals surface area contributed by atoms with E-state index in [0.29, 0.717) is 6.20 Å². The largest absolute Gasteiger partial charge is 0.464 e. The molecule has 15 heteroatoms. The Kier molecular flexibility index (Phi) is 5.82. The molecule has 1 unspecified atom stereocenters. The molecule has 0 aliphatic rings. The molecule has 0 N–H and O–H groups in total. The van der Waals surface area contributed by atoms with Crippen molar-refractivity contribution in [2.24, 2.45) is 11.4 Å². The Morgan fingerprint density at radius 2 is 1.94 bits per heavy atom. The number of aromatic nitrogens is 6. The van der Waals surface area contributed by atoms with Crippen molar-refractivity contribution < 1.29 is 31.7 Å². The molecule has 0 aliphatic carbocycles. The van der Waals surface area contributed by atoms with Crippen LogP contribution in [-0.2, 0) is 32.5 Å². The van der Waals surface area contributed by atoms with E-state index in [-0.39, 0.29) is 44.7 Å². The van der Waals surface area contributed by atoms with Crippen molar-refractivity contribution in [3.63, 3.8) is 0 Å². The molecule has 11 nitrogen and oxygen atoms in total. The molecule has 0 saturated carbocycles. The van der Waals surface area contributed by atoms with Gasteiger partial charge in [0, 0.05) is 32.1 Å². The summed E-state index contributed by atoms with van der Waals surface area (Å²) in [5.41, 5.74) is -1.00. The number of hydrogen-bond acceptors (Lipinski definition) is 8. The molecule has 4 heterocycles. The zero-order valence-electron chi connectivity index (χ0n) is 18.8. The number of pyridine rings is 1. The Bertz CT molecular complexity index is 1630. The lowest BCUT2D eigenvalue weighted by Crippen LogP contribution is -2.11. The lowest BCUT2D eigenvalue weighted by Gasteiger charge is -2.07. The number of halogens is 3. The van der Waals surface area contributed by atoms with Gasteiger partial charge in [0.25, 0.3) is 5.91 Å². The highest BCUT2D eigenvalue weighted by atomic mass is 32.2. The van der Waals surface area contributed by atoms with Gasteiger partial charge < -0.3 is 9.30 Å². The number of carbonyl (C=O) groups is 2. The third-order valence-corrected chi connectivity index (χ3v) is 7.33. The number of amides is 1. The molecular formula is C20H18F3N7O4S. The second-order valence-electron chi connectivity index (χ2n) is 7.34. The smallest absolute Gasteiger partial charge is 0.417 e. The van der Waals surface area contributed by atoms with Crippen LogP contribution in [0.2, 0.25) is 0 Å². The average Bonchev–Trinajstić information content (AvgIpc) is 3.35. The Morgan fingerprint density at radius 1 is 1.23 bits per heavy atom. The summed E-state index contributed by atoms with van der Waals surface area (Å²) in [5, 5.41) is 4.10. The molecule has 1 atom stereocenters. The Morgan fingerprint density at radius 3 is 2.54 bits per heavy atom. The average molecular weight is 509 g/mol. The van der Waals surface area contributed by atoms with Gasteiger partial charge in [0.15, 0.2) is 22.0 Å². The van der Waals surface area contributed by atoms with E-state index in [1.807, 2.05) is 0 Å². The van der Waals surface area contributed by atoms with Crippen LogP contribution in [0.3, 0.4) is 0 Å². The highest BCUT2D eigenvalue weighted by molar-refractivity contribution is 7.94. The highest BCUT2D eigenvalue weighted by Crippen LogP contribution is 2.35. The van der Waals surface area contributed by atoms with Crippen LogP contribution in [0.25, 0.3) is 28.2 Å². The molecule has 35 heavy (non-hydrogen) atoms. The van der Waals surface area contributed by atoms with Gasteiger partial charge in [-0.2, -0.15) is 22.6 Å². The third kappa shape index (κ3) is 4.00. The van der Waals surface area contributed by atoms with Gasteiger partial charge in [0.1, 0.15) is 21.1 Å². The summed E-state index contributed by atoms with van der Waals surface area (Å²) >= 11 is 0. The van der Waals surface area contributed by atoms with Gasteiger partial charge in [0.2, 0.25) is 0 Å². The summed E-state index contributed by atoms with van der Waals surface area (Å²) in [5.74, 6) is -1.60. The molecule has 0 aliphatic heterocycles. The van der Waals surface area contributed by atoms with Gasteiger partial charge in [-0.15, -0.1) is 0 Å². The molecule has 0 fully saturated rings. The number of nitrogens with zero attached hydrogens (tertiary/aromatic N) is 7. The van der Waals surface area contributed by atoms with Crippen molar-refractivity contribution in [3.05, 3.63) is 35.8 Å². The summed E-state index contributed by atoms with van der Waals surface area (Å²) in [7, 11) is -0.822. The fraction of sp³-hybridized carbons (Fsp3) is 0.300. The number of carbonyl (C=O) groups excluding carboxylic acids is 2. The van der Waals surface area contributed by atoms with Crippen LogP contribution in [0, 0.1) is 0 Å². The molecular weight excluding hydrogens is 491 g/mol. The zero-order chi connectivity index (χ0) is 25.7. The topological polar surface area (TPSA) is 134 Å². The number of ether oxygens (including phenoxy) is 1. The van der Waals surface area contributed by atoms with E-state index in [4.69, 9.17) is 4.74 Å². The van der Waals surface area contributed by atoms with Gasteiger partial charge in [-0.05, 0) is 12.1 Å². The minimum atomic E-state index is -4.64. The van der Waals surface area contributed by atoms with Crippen LogP contribution < -0.4 is 0 Å². The number of esters is 1. The Labute approximate surface area is 196 Å². The quantitative estimate of drug-likeness (QED) is 0.384. The summed E-state index contributed by atoms with van der Waals surface area (Å²) < 4.78 is 64.5. The van der Waals surface area contributed by atoms with Crippen LogP contribution >= 0.6 is 0 Å². The first-order valence-corrected chi connectivity index (χ1v) is 11.7. The van der Waals surface area contributed by atoms with Crippen molar-refractivity contribution in [2.45, 2.75) is 25.0 Å². The number of methoxy groups -OCH3 is 1. The van der Waals surface area contributed by atoms with E-state index in [1.165, 1.54) is 30.8 Å². The molecule has 0 saturated heterocycles. The number of hydrogen-bond donors (Lipinski definition) is 0. The van der Waals surface area contributed by atoms with Gasteiger partial charge in [-0.3, -0.25) is 4.79 Å². The van der Waals surface area contributed by atoms with E-state index in [2.05, 4.69) is 24.4 Å². The van der Waals surface area contributed by atoms with Crippen molar-refractivity contribution in [3.8, 4) is 11.4 Å². The Balaban J connectivity index is 2.15. The maximum Gasteiger partial charge on any atom is 0.417 e. The van der Waals surface area contributed by atoms with E-state index in [0.717, 1.165) is 24.6 Å². The van der Waals surface area contributed by atoms with E-state index in [1.54, 1.807) is 0 Å². The zero-order valence-corrected chi connectivity index (χ0v) is 19.6. The van der Waals surface area contributed by atoms with Gasteiger partial charge in [-0.25, -0.2) is 28.5 Å². The van der Waals surface area contributed by atoms with Crippen LogP contribution in [0.5, 0.6) is 0 Å². The molecule has 0 radical (unpaired) electrons. The summed E-state index contributed by atoms with van der Waals surface area (Å²) in [4.78, 5) is 36.6. The molecule has 4 rings (SSSR count). The normalized spacial score (nSPS) is 13.7. The Hall–Kier alpha value is -3.88. The summed E-state index contributed by atoms with van der Waals surface area (Å²) in [6.45, 7) is 2.66. The molecule has 4 aromatic heterocycles. The fourth-order valence-electron chi connectivity index (χ4n) is 3.51. The molecule has 0 bridgehead atoms. The van der Waals surface area contributed by atoms with Gasteiger partial charge in [-0.1, -0.05) is 6.92 Å². The van der Waals surface area contributed by atoms with Crippen molar-refractivity contribution >= 4 is 38.4 Å². The van der Waals surface area contributed by atoms with Gasteiger partial charge >= 0.3 is 12.1 Å². The summed E-state index contributed by atoms with van der Waals surface area (Å²) in [6.07, 6.45) is -2.67. The maximum absolute atomic E-state index is 13.8. The number of aryl methyl sites for hydroxylation is 1. The first-order valence-electron chi connectivity index (χ1n) is 10.0. The second kappa shape index (κ2) is 8.41. The molecule has 1 amide bonds. The van der Waals surface area contributed by atoms with Crippen molar-refractivity contribution in [2.75, 3.05) is 12.9 Å². The molecule has 4 aromatic rings. The highest BCUT2D eigenvalue weighted by Gasteiger charge is 2.33. The van der Waals surface area contributed by atoms with E-state index in [9.17, 15) is 27.0 Å². The SMILES string of the molecule is CCS(=O)(=NC(C)=O)c1nn2c(C(=O)OC)ccnc2c1-c1nc2cc(C(F)(F)F)cnc2n1C.